The van der Waals surface area contributed by atoms with Crippen LogP contribution >= 0.6 is 0 Å². The van der Waals surface area contributed by atoms with E-state index >= 15 is 0 Å². The topological polar surface area (TPSA) is 134 Å². The molecule has 0 N–H and O–H groups in total. The highest BCUT2D eigenvalue weighted by Crippen LogP contribution is 2.27. The molecule has 200 valence electrons. The summed E-state index contributed by atoms with van der Waals surface area (Å²) < 4.78 is 15.4. The van der Waals surface area contributed by atoms with E-state index in [2.05, 4.69) is 14.7 Å². The molecule has 0 aromatic rings. The summed E-state index contributed by atoms with van der Waals surface area (Å²) in [6, 6.07) is 0. The van der Waals surface area contributed by atoms with Crippen LogP contribution in [0.1, 0.15) is 82.1 Å². The average molecular weight is 497 g/mol. The first-order chi connectivity index (χ1) is 15.4. The Morgan fingerprint density at radius 1 is 0.529 bits per heavy atom. The fraction of sp³-hybridized carbons (Fsp3) is 0.864. The zero-order valence-electron chi connectivity index (χ0n) is 21.9. The molecular weight excluding hydrogens is 456 g/mol. The molecular formula is C22H40O12. The van der Waals surface area contributed by atoms with Crippen molar-refractivity contribution in [2.45, 2.75) is 98.9 Å². The third-order valence-corrected chi connectivity index (χ3v) is 3.35. The lowest BCUT2D eigenvalue weighted by Crippen LogP contribution is -2.40. The zero-order valence-corrected chi connectivity index (χ0v) is 21.9. The molecule has 0 spiro atoms. The summed E-state index contributed by atoms with van der Waals surface area (Å²) in [4.78, 5) is 64.5. The maximum atomic E-state index is 12.0. The van der Waals surface area contributed by atoms with Crippen LogP contribution in [0, 0.1) is 5.41 Å². The van der Waals surface area contributed by atoms with Gasteiger partial charge in [-0.3, -0.25) is 14.7 Å². The highest BCUT2D eigenvalue weighted by molar-refractivity contribution is 5.60. The van der Waals surface area contributed by atoms with Crippen LogP contribution in [-0.2, 0) is 43.5 Å². The smallest absolute Gasteiger partial charge is 0.431 e. The van der Waals surface area contributed by atoms with Crippen molar-refractivity contribution >= 4 is 18.5 Å². The van der Waals surface area contributed by atoms with Crippen LogP contribution in [0.2, 0.25) is 0 Å². The molecule has 0 amide bonds. The summed E-state index contributed by atoms with van der Waals surface area (Å²) in [7, 11) is 0. The van der Waals surface area contributed by atoms with E-state index in [1.54, 1.807) is 62.3 Å². The summed E-state index contributed by atoms with van der Waals surface area (Å²) in [5.41, 5.74) is -3.41. The van der Waals surface area contributed by atoms with Gasteiger partial charge in [0.2, 0.25) is 0 Å². The van der Waals surface area contributed by atoms with E-state index in [-0.39, 0.29) is 19.8 Å². The Labute approximate surface area is 201 Å². The summed E-state index contributed by atoms with van der Waals surface area (Å²) in [6.07, 6.45) is -2.47. The first-order valence-electron chi connectivity index (χ1n) is 10.9. The average Bonchev–Trinajstić information content (AvgIpc) is 2.68. The van der Waals surface area contributed by atoms with Gasteiger partial charge in [-0.1, -0.05) is 13.3 Å². The highest BCUT2D eigenvalue weighted by Gasteiger charge is 2.37. The van der Waals surface area contributed by atoms with Crippen molar-refractivity contribution in [2.24, 2.45) is 5.41 Å². The summed E-state index contributed by atoms with van der Waals surface area (Å²) in [6.45, 7) is 16.0. The van der Waals surface area contributed by atoms with Crippen molar-refractivity contribution < 1.29 is 57.9 Å². The predicted octanol–water partition coefficient (Wildman–Crippen LogP) is 5.42. The first kappa shape index (κ1) is 31.7. The molecule has 0 aliphatic rings. The monoisotopic (exact) mass is 496 g/mol. The Morgan fingerprint density at radius 3 is 1.00 bits per heavy atom. The van der Waals surface area contributed by atoms with E-state index < -0.39 is 40.7 Å². The van der Waals surface area contributed by atoms with Crippen LogP contribution in [-0.4, -0.2) is 55.1 Å². The van der Waals surface area contributed by atoms with Crippen LogP contribution < -0.4 is 0 Å². The van der Waals surface area contributed by atoms with Crippen molar-refractivity contribution in [1.29, 1.82) is 0 Å². The largest absolute Gasteiger partial charge is 0.540 e. The van der Waals surface area contributed by atoms with E-state index in [4.69, 9.17) is 28.9 Å². The zero-order chi connectivity index (χ0) is 26.6. The molecule has 0 aromatic carbocycles. The van der Waals surface area contributed by atoms with Crippen molar-refractivity contribution in [3.8, 4) is 0 Å². The van der Waals surface area contributed by atoms with E-state index in [9.17, 15) is 14.4 Å². The van der Waals surface area contributed by atoms with E-state index in [1.165, 1.54) is 0 Å². The molecule has 0 bridgehead atoms. The number of rotatable bonds is 11. The second-order valence-corrected chi connectivity index (χ2v) is 10.7. The summed E-state index contributed by atoms with van der Waals surface area (Å²) >= 11 is 0. The molecule has 0 rings (SSSR count). The highest BCUT2D eigenvalue weighted by atomic mass is 17.2. The minimum atomic E-state index is -1.16. The maximum Gasteiger partial charge on any atom is 0.540 e. The Bertz CT molecular complexity index is 556. The van der Waals surface area contributed by atoms with Gasteiger partial charge in [0.25, 0.3) is 0 Å². The quantitative estimate of drug-likeness (QED) is 0.156. The number of ether oxygens (including phenoxy) is 3. The van der Waals surface area contributed by atoms with Crippen LogP contribution in [0.25, 0.3) is 0 Å². The second-order valence-electron chi connectivity index (χ2n) is 10.7. The lowest BCUT2D eigenvalue weighted by atomic mass is 9.86. The molecule has 0 aliphatic heterocycles. The molecule has 0 atom stereocenters. The normalized spacial score (nSPS) is 12.5. The van der Waals surface area contributed by atoms with Gasteiger partial charge in [0.1, 0.15) is 36.6 Å². The van der Waals surface area contributed by atoms with Gasteiger partial charge < -0.3 is 14.2 Å². The molecule has 0 aliphatic carbocycles. The minimum Gasteiger partial charge on any atom is -0.431 e. The SMILES string of the molecule is CCCC(COC(=O)OOC(C)(C)C)(COC(=O)OOC(C)(C)C)COC(=O)OOC(C)(C)C. The van der Waals surface area contributed by atoms with Gasteiger partial charge in [-0.15, -0.1) is 0 Å². The Morgan fingerprint density at radius 2 is 0.794 bits per heavy atom. The molecule has 34 heavy (non-hydrogen) atoms. The Kier molecular flexibility index (Phi) is 12.6. The second kappa shape index (κ2) is 13.5. The van der Waals surface area contributed by atoms with Gasteiger partial charge in [0, 0.05) is 0 Å². The van der Waals surface area contributed by atoms with Gasteiger partial charge in [-0.05, 0) is 68.7 Å². The molecule has 12 heteroatoms. The molecule has 0 aromatic heterocycles. The van der Waals surface area contributed by atoms with Gasteiger partial charge in [-0.2, -0.15) is 14.7 Å². The standard InChI is InChI=1S/C22H40O12/c1-11-12-22(13-26-16(23)29-32-19(2,3)4,14-27-17(24)30-33-20(5,6)7)15-28-18(25)31-34-21(8,9)10/h11-15H2,1-10H3. The molecule has 0 unspecified atom stereocenters. The predicted molar refractivity (Wildman–Crippen MR) is 117 cm³/mol. The molecule has 0 fully saturated rings. The Hall–Kier alpha value is -2.31. The van der Waals surface area contributed by atoms with E-state index in [1.807, 2.05) is 6.92 Å². The minimum absolute atomic E-state index is 0.321. The number of carbonyl (C=O) groups excluding carboxylic acids is 3. The number of hydrogen-bond acceptors (Lipinski definition) is 12. The lowest BCUT2D eigenvalue weighted by molar-refractivity contribution is -0.317. The van der Waals surface area contributed by atoms with Crippen molar-refractivity contribution in [3.63, 3.8) is 0 Å². The van der Waals surface area contributed by atoms with Crippen LogP contribution in [0.15, 0.2) is 0 Å². The van der Waals surface area contributed by atoms with Crippen LogP contribution in [0.3, 0.4) is 0 Å². The summed E-state index contributed by atoms with van der Waals surface area (Å²) in [5, 5.41) is 0. The van der Waals surface area contributed by atoms with Crippen LogP contribution in [0.4, 0.5) is 14.4 Å². The fourth-order valence-electron chi connectivity index (χ4n) is 2.06. The van der Waals surface area contributed by atoms with Crippen molar-refractivity contribution in [1.82, 2.24) is 0 Å². The molecule has 0 radical (unpaired) electrons. The van der Waals surface area contributed by atoms with Gasteiger partial charge >= 0.3 is 18.5 Å². The fourth-order valence-corrected chi connectivity index (χ4v) is 2.06. The molecule has 0 saturated heterocycles. The van der Waals surface area contributed by atoms with E-state index in [0.29, 0.717) is 12.8 Å². The Balaban J connectivity index is 5.25. The third kappa shape index (κ3) is 17.2. The molecule has 0 heterocycles. The molecule has 12 nitrogen and oxygen atoms in total. The first-order valence-corrected chi connectivity index (χ1v) is 10.9. The molecule has 0 saturated carbocycles. The maximum absolute atomic E-state index is 12.0. The van der Waals surface area contributed by atoms with Gasteiger partial charge in [-0.25, -0.2) is 14.4 Å². The lowest BCUT2D eigenvalue weighted by Gasteiger charge is -2.31. The number of hydrogen-bond donors (Lipinski definition) is 0. The van der Waals surface area contributed by atoms with Crippen LogP contribution in [0.5, 0.6) is 0 Å². The van der Waals surface area contributed by atoms with Gasteiger partial charge in [0.05, 0.1) is 5.41 Å². The van der Waals surface area contributed by atoms with Gasteiger partial charge in [0.15, 0.2) is 0 Å². The van der Waals surface area contributed by atoms with E-state index in [0.717, 1.165) is 0 Å². The number of carbonyl (C=O) groups is 3. The summed E-state index contributed by atoms with van der Waals surface area (Å²) in [5.74, 6) is 0. The third-order valence-electron chi connectivity index (χ3n) is 3.35. The van der Waals surface area contributed by atoms with Crippen molar-refractivity contribution in [3.05, 3.63) is 0 Å². The van der Waals surface area contributed by atoms with Crippen molar-refractivity contribution in [2.75, 3.05) is 19.8 Å².